The second-order valence-electron chi connectivity index (χ2n) is 4.22. The van der Waals surface area contributed by atoms with Gasteiger partial charge in [0.15, 0.2) is 0 Å². The standard InChI is InChI=1S/C13H15FN4O/c1-18-7-5-10(17-18)4-6-16-13(19)11-3-2-9(14)8-12(11)15/h2-3,5,7-8H,4,6,15H2,1H3,(H,16,19). The summed E-state index contributed by atoms with van der Waals surface area (Å²) in [4.78, 5) is 11.8. The lowest BCUT2D eigenvalue weighted by Gasteiger charge is -2.06. The lowest BCUT2D eigenvalue weighted by atomic mass is 10.1. The van der Waals surface area contributed by atoms with E-state index in [1.54, 1.807) is 4.68 Å². The molecule has 0 unspecified atom stereocenters. The Hall–Kier alpha value is -2.37. The predicted molar refractivity (Wildman–Crippen MR) is 70.1 cm³/mol. The second kappa shape index (κ2) is 5.51. The average Bonchev–Trinajstić information content (AvgIpc) is 2.75. The Morgan fingerprint density at radius 2 is 2.26 bits per heavy atom. The Kier molecular flexibility index (Phi) is 3.79. The highest BCUT2D eigenvalue weighted by Gasteiger charge is 2.09. The van der Waals surface area contributed by atoms with Crippen molar-refractivity contribution in [2.45, 2.75) is 6.42 Å². The number of nitrogens with zero attached hydrogens (tertiary/aromatic N) is 2. The third-order valence-electron chi connectivity index (χ3n) is 2.69. The van der Waals surface area contributed by atoms with Gasteiger partial charge >= 0.3 is 0 Å². The number of rotatable bonds is 4. The van der Waals surface area contributed by atoms with Gasteiger partial charge < -0.3 is 11.1 Å². The molecule has 2 rings (SSSR count). The lowest BCUT2D eigenvalue weighted by molar-refractivity contribution is 0.0955. The van der Waals surface area contributed by atoms with E-state index in [2.05, 4.69) is 10.4 Å². The van der Waals surface area contributed by atoms with Gasteiger partial charge in [-0.1, -0.05) is 0 Å². The van der Waals surface area contributed by atoms with Gasteiger partial charge in [0.1, 0.15) is 5.82 Å². The SMILES string of the molecule is Cn1ccc(CCNC(=O)c2ccc(F)cc2N)n1. The van der Waals surface area contributed by atoms with Crippen LogP contribution in [0.3, 0.4) is 0 Å². The first-order valence-electron chi connectivity index (χ1n) is 5.88. The Balaban J connectivity index is 1.90. The lowest BCUT2D eigenvalue weighted by Crippen LogP contribution is -2.26. The largest absolute Gasteiger partial charge is 0.398 e. The van der Waals surface area contributed by atoms with E-state index in [-0.39, 0.29) is 17.2 Å². The smallest absolute Gasteiger partial charge is 0.253 e. The summed E-state index contributed by atoms with van der Waals surface area (Å²) < 4.78 is 14.6. The molecule has 0 saturated heterocycles. The molecule has 19 heavy (non-hydrogen) atoms. The number of amides is 1. The molecular weight excluding hydrogens is 247 g/mol. The van der Waals surface area contributed by atoms with Crippen molar-refractivity contribution in [3.8, 4) is 0 Å². The van der Waals surface area contributed by atoms with Gasteiger partial charge in [0, 0.05) is 31.9 Å². The number of aryl methyl sites for hydroxylation is 1. The summed E-state index contributed by atoms with van der Waals surface area (Å²) in [5.74, 6) is -0.768. The number of nitrogens with one attached hydrogen (secondary N) is 1. The molecule has 3 N–H and O–H groups in total. The van der Waals surface area contributed by atoms with Crippen molar-refractivity contribution in [2.75, 3.05) is 12.3 Å². The molecule has 5 nitrogen and oxygen atoms in total. The number of carbonyl (C=O) groups excluding carboxylic acids is 1. The van der Waals surface area contributed by atoms with Crippen LogP contribution in [-0.2, 0) is 13.5 Å². The fourth-order valence-electron chi connectivity index (χ4n) is 1.74. The van der Waals surface area contributed by atoms with E-state index in [1.165, 1.54) is 12.1 Å². The molecule has 2 aromatic rings. The first-order valence-corrected chi connectivity index (χ1v) is 5.88. The van der Waals surface area contributed by atoms with E-state index in [0.717, 1.165) is 11.8 Å². The van der Waals surface area contributed by atoms with Crippen LogP contribution in [0.2, 0.25) is 0 Å². The van der Waals surface area contributed by atoms with Crippen LogP contribution >= 0.6 is 0 Å². The first-order chi connectivity index (χ1) is 9.06. The maximum absolute atomic E-state index is 12.9. The molecule has 0 aliphatic heterocycles. The highest BCUT2D eigenvalue weighted by Crippen LogP contribution is 2.13. The third kappa shape index (κ3) is 3.31. The maximum atomic E-state index is 12.9. The molecule has 100 valence electrons. The summed E-state index contributed by atoms with van der Waals surface area (Å²) in [5, 5.41) is 6.93. The minimum absolute atomic E-state index is 0.135. The van der Waals surface area contributed by atoms with Gasteiger partial charge in [-0.05, 0) is 24.3 Å². The number of carbonyl (C=O) groups is 1. The van der Waals surface area contributed by atoms with Crippen LogP contribution in [0.15, 0.2) is 30.5 Å². The van der Waals surface area contributed by atoms with Crippen molar-refractivity contribution in [3.05, 3.63) is 47.5 Å². The number of nitrogens with two attached hydrogens (primary N) is 1. The summed E-state index contributed by atoms with van der Waals surface area (Å²) in [6.45, 7) is 0.451. The molecule has 1 aromatic heterocycles. The van der Waals surface area contributed by atoms with E-state index in [9.17, 15) is 9.18 Å². The van der Waals surface area contributed by atoms with Crippen molar-refractivity contribution in [3.63, 3.8) is 0 Å². The molecule has 1 aromatic carbocycles. The summed E-state index contributed by atoms with van der Waals surface area (Å²) in [6.07, 6.45) is 2.47. The monoisotopic (exact) mass is 262 g/mol. The molecule has 0 bridgehead atoms. The number of halogens is 1. The van der Waals surface area contributed by atoms with Crippen LogP contribution in [0.4, 0.5) is 10.1 Å². The van der Waals surface area contributed by atoms with Crippen molar-refractivity contribution < 1.29 is 9.18 Å². The Morgan fingerprint density at radius 3 is 2.89 bits per heavy atom. The summed E-state index contributed by atoms with van der Waals surface area (Å²) in [5.41, 5.74) is 6.90. The predicted octanol–water partition coefficient (Wildman–Crippen LogP) is 1.11. The fourth-order valence-corrected chi connectivity index (χ4v) is 1.74. The van der Waals surface area contributed by atoms with Crippen molar-refractivity contribution >= 4 is 11.6 Å². The van der Waals surface area contributed by atoms with Crippen LogP contribution in [0.1, 0.15) is 16.1 Å². The molecule has 0 atom stereocenters. The number of nitrogen functional groups attached to an aromatic ring is 1. The van der Waals surface area contributed by atoms with E-state index in [1.807, 2.05) is 19.3 Å². The zero-order valence-electron chi connectivity index (χ0n) is 10.6. The zero-order valence-corrected chi connectivity index (χ0v) is 10.6. The number of aromatic nitrogens is 2. The van der Waals surface area contributed by atoms with Crippen molar-refractivity contribution in [1.29, 1.82) is 0 Å². The van der Waals surface area contributed by atoms with E-state index in [4.69, 9.17) is 5.73 Å². The molecule has 0 fully saturated rings. The molecular formula is C13H15FN4O. The second-order valence-corrected chi connectivity index (χ2v) is 4.22. The minimum Gasteiger partial charge on any atom is -0.398 e. The molecule has 1 heterocycles. The van der Waals surface area contributed by atoms with Gasteiger partial charge in [0.25, 0.3) is 5.91 Å². The van der Waals surface area contributed by atoms with E-state index >= 15 is 0 Å². The molecule has 0 aliphatic carbocycles. The van der Waals surface area contributed by atoms with Crippen LogP contribution in [0, 0.1) is 5.82 Å². The first kappa shape index (κ1) is 13.1. The van der Waals surface area contributed by atoms with E-state index < -0.39 is 5.82 Å². The van der Waals surface area contributed by atoms with Gasteiger partial charge in [0.05, 0.1) is 11.3 Å². The molecule has 0 radical (unpaired) electrons. The number of anilines is 1. The Morgan fingerprint density at radius 1 is 1.47 bits per heavy atom. The Labute approximate surface area is 110 Å². The van der Waals surface area contributed by atoms with Gasteiger partial charge in [-0.15, -0.1) is 0 Å². The number of benzene rings is 1. The zero-order chi connectivity index (χ0) is 13.8. The number of hydrogen-bond acceptors (Lipinski definition) is 3. The van der Waals surface area contributed by atoms with Crippen LogP contribution in [0.5, 0.6) is 0 Å². The van der Waals surface area contributed by atoms with Crippen LogP contribution < -0.4 is 11.1 Å². The minimum atomic E-state index is -0.456. The average molecular weight is 262 g/mol. The van der Waals surface area contributed by atoms with Crippen LogP contribution in [0.25, 0.3) is 0 Å². The van der Waals surface area contributed by atoms with Gasteiger partial charge in [-0.25, -0.2) is 4.39 Å². The quantitative estimate of drug-likeness (QED) is 0.811. The van der Waals surface area contributed by atoms with Crippen molar-refractivity contribution in [2.24, 2.45) is 7.05 Å². The molecule has 0 saturated carbocycles. The van der Waals surface area contributed by atoms with E-state index in [0.29, 0.717) is 13.0 Å². The molecule has 0 spiro atoms. The fraction of sp³-hybridized carbons (Fsp3) is 0.231. The molecule has 6 heteroatoms. The van der Waals surface area contributed by atoms with Gasteiger partial charge in [0.2, 0.25) is 0 Å². The summed E-state index contributed by atoms with van der Waals surface area (Å²) in [7, 11) is 1.83. The van der Waals surface area contributed by atoms with Gasteiger partial charge in [-0.2, -0.15) is 5.10 Å². The van der Waals surface area contributed by atoms with Gasteiger partial charge in [-0.3, -0.25) is 9.48 Å². The topological polar surface area (TPSA) is 72.9 Å². The van der Waals surface area contributed by atoms with Crippen molar-refractivity contribution in [1.82, 2.24) is 15.1 Å². The van der Waals surface area contributed by atoms with Crippen LogP contribution in [-0.4, -0.2) is 22.2 Å². The summed E-state index contributed by atoms with van der Waals surface area (Å²) >= 11 is 0. The highest BCUT2D eigenvalue weighted by atomic mass is 19.1. The highest BCUT2D eigenvalue weighted by molar-refractivity contribution is 5.99. The maximum Gasteiger partial charge on any atom is 0.253 e. The molecule has 1 amide bonds. The number of hydrogen-bond donors (Lipinski definition) is 2. The molecule has 0 aliphatic rings. The Bertz CT molecular complexity index is 594. The third-order valence-corrected chi connectivity index (χ3v) is 2.69. The summed E-state index contributed by atoms with van der Waals surface area (Å²) in [6, 6.07) is 5.61. The normalized spacial score (nSPS) is 10.4.